The fourth-order valence-electron chi connectivity index (χ4n) is 5.57. The molecule has 5 heteroatoms. The predicted molar refractivity (Wildman–Crippen MR) is 85.1 cm³/mol. The zero-order chi connectivity index (χ0) is 14.7. The first kappa shape index (κ1) is 13.0. The number of benzene rings is 1. The quantitative estimate of drug-likeness (QED) is 0.683. The number of H-pyrrole nitrogens is 1. The Labute approximate surface area is 135 Å². The third-order valence-electron chi connectivity index (χ3n) is 6.04. The molecular weight excluding hydrogens is 292 g/mol. The Kier molecular flexibility index (Phi) is 2.66. The first-order valence-electron chi connectivity index (χ1n) is 8.39. The zero-order valence-electron chi connectivity index (χ0n) is 12.6. The molecule has 22 heavy (non-hydrogen) atoms. The number of aromatic nitrogens is 4. The standard InChI is InChI=1S/C17H20N4S/c22-16-18-21(19-20(16)15-4-2-1-3-5-15)17-9-12-6-13(10-17)8-14(7-12)11-17/h1-5,12-14H,6-11H2/p+1. The van der Waals surface area contributed by atoms with E-state index in [4.69, 9.17) is 17.3 Å². The molecule has 4 bridgehead atoms. The molecule has 1 aromatic carbocycles. The van der Waals surface area contributed by atoms with Gasteiger partial charge in [0.1, 0.15) is 0 Å². The van der Waals surface area contributed by atoms with E-state index in [1.54, 1.807) is 0 Å². The van der Waals surface area contributed by atoms with Gasteiger partial charge in [0.2, 0.25) is 0 Å². The average molecular weight is 313 g/mol. The van der Waals surface area contributed by atoms with E-state index in [-0.39, 0.29) is 5.54 Å². The van der Waals surface area contributed by atoms with Crippen LogP contribution in [-0.2, 0) is 5.54 Å². The highest BCUT2D eigenvalue weighted by Crippen LogP contribution is 2.56. The lowest BCUT2D eigenvalue weighted by Crippen LogP contribution is -2.67. The maximum absolute atomic E-state index is 5.51. The molecular formula is C17H21N4S+. The van der Waals surface area contributed by atoms with E-state index in [1.165, 1.54) is 38.5 Å². The van der Waals surface area contributed by atoms with Gasteiger partial charge in [0.15, 0.2) is 11.2 Å². The minimum atomic E-state index is 0.197. The number of nitrogens with zero attached hydrogens (tertiary/aromatic N) is 3. The van der Waals surface area contributed by atoms with Gasteiger partial charge in [-0.15, -0.1) is 0 Å². The molecule has 1 N–H and O–H groups in total. The van der Waals surface area contributed by atoms with E-state index in [9.17, 15) is 0 Å². The highest BCUT2D eigenvalue weighted by atomic mass is 32.1. The maximum atomic E-state index is 5.51. The van der Waals surface area contributed by atoms with E-state index in [0.717, 1.165) is 23.4 Å². The minimum Gasteiger partial charge on any atom is -0.0945 e. The largest absolute Gasteiger partial charge is 0.352 e. The molecule has 4 aliphatic rings. The van der Waals surface area contributed by atoms with Crippen molar-refractivity contribution in [2.75, 3.05) is 0 Å². The predicted octanol–water partition coefficient (Wildman–Crippen LogP) is 3.14. The number of tetrazole rings is 1. The monoisotopic (exact) mass is 313 g/mol. The van der Waals surface area contributed by atoms with Gasteiger partial charge in [-0.3, -0.25) is 0 Å². The Bertz CT molecular complexity index is 725. The summed E-state index contributed by atoms with van der Waals surface area (Å²) in [4.78, 5) is 2.12. The number of rotatable bonds is 2. The summed E-state index contributed by atoms with van der Waals surface area (Å²) in [6.07, 6.45) is 8.17. The van der Waals surface area contributed by atoms with E-state index < -0.39 is 0 Å². The van der Waals surface area contributed by atoms with Crippen LogP contribution in [0.2, 0.25) is 0 Å². The lowest BCUT2D eigenvalue weighted by Gasteiger charge is -2.53. The molecule has 0 saturated heterocycles. The van der Waals surface area contributed by atoms with Gasteiger partial charge in [0.05, 0.1) is 0 Å². The van der Waals surface area contributed by atoms with Crippen LogP contribution in [0.5, 0.6) is 0 Å². The second kappa shape index (κ2) is 4.51. The zero-order valence-corrected chi connectivity index (χ0v) is 13.4. The van der Waals surface area contributed by atoms with Crippen molar-refractivity contribution in [3.8, 4) is 5.69 Å². The summed E-state index contributed by atoms with van der Waals surface area (Å²) < 4.78 is 2.57. The van der Waals surface area contributed by atoms with Crippen molar-refractivity contribution in [2.45, 2.75) is 44.1 Å². The number of nitrogens with one attached hydrogen (secondary N) is 1. The topological polar surface area (TPSA) is 37.5 Å². The van der Waals surface area contributed by atoms with Crippen molar-refractivity contribution >= 4 is 12.2 Å². The van der Waals surface area contributed by atoms with Gasteiger partial charge in [-0.05, 0) is 85.7 Å². The molecule has 114 valence electrons. The fraction of sp³-hybridized carbons (Fsp3) is 0.588. The van der Waals surface area contributed by atoms with Crippen molar-refractivity contribution in [2.24, 2.45) is 17.8 Å². The molecule has 4 saturated carbocycles. The molecule has 2 aromatic rings. The molecule has 0 aliphatic heterocycles. The van der Waals surface area contributed by atoms with Gasteiger partial charge in [0, 0.05) is 0 Å². The normalized spacial score (nSPS) is 35.9. The second-order valence-corrected chi connectivity index (χ2v) is 7.97. The summed E-state index contributed by atoms with van der Waals surface area (Å²) in [5.74, 6) is 2.72. The highest BCUT2D eigenvalue weighted by molar-refractivity contribution is 7.71. The van der Waals surface area contributed by atoms with Crippen LogP contribution in [0.1, 0.15) is 38.5 Å². The van der Waals surface area contributed by atoms with Gasteiger partial charge in [-0.2, -0.15) is 0 Å². The van der Waals surface area contributed by atoms with Crippen molar-refractivity contribution in [1.29, 1.82) is 0 Å². The molecule has 4 nitrogen and oxygen atoms in total. The first-order valence-corrected chi connectivity index (χ1v) is 8.80. The second-order valence-electron chi connectivity index (χ2n) is 7.61. The van der Waals surface area contributed by atoms with E-state index >= 15 is 0 Å². The smallest absolute Gasteiger partial charge is 0.0945 e. The van der Waals surface area contributed by atoms with Gasteiger partial charge >= 0.3 is 4.77 Å². The van der Waals surface area contributed by atoms with Crippen LogP contribution >= 0.6 is 12.2 Å². The number of aromatic amines is 1. The van der Waals surface area contributed by atoms with E-state index in [2.05, 4.69) is 22.1 Å². The Balaban J connectivity index is 1.58. The van der Waals surface area contributed by atoms with Crippen molar-refractivity contribution in [1.82, 2.24) is 15.0 Å². The number of para-hydroxylation sites is 1. The van der Waals surface area contributed by atoms with Crippen LogP contribution in [0.4, 0.5) is 0 Å². The lowest BCUT2D eigenvalue weighted by atomic mass is 9.53. The summed E-state index contributed by atoms with van der Waals surface area (Å²) in [7, 11) is 0. The Morgan fingerprint density at radius 3 is 2.23 bits per heavy atom. The molecule has 0 amide bonds. The molecule has 1 heterocycles. The third kappa shape index (κ3) is 1.84. The van der Waals surface area contributed by atoms with Crippen molar-refractivity contribution in [3.05, 3.63) is 35.1 Å². The summed E-state index contributed by atoms with van der Waals surface area (Å²) in [5, 5.41) is 8.19. The van der Waals surface area contributed by atoms with E-state index in [0.29, 0.717) is 4.77 Å². The Morgan fingerprint density at radius 2 is 1.64 bits per heavy atom. The van der Waals surface area contributed by atoms with Crippen molar-refractivity contribution in [3.63, 3.8) is 0 Å². The molecule has 1 aromatic heterocycles. The summed E-state index contributed by atoms with van der Waals surface area (Å²) >= 11 is 5.51. The molecule has 4 fully saturated rings. The molecule has 0 atom stereocenters. The molecule has 6 rings (SSSR count). The van der Waals surface area contributed by atoms with Crippen LogP contribution in [-0.4, -0.2) is 15.0 Å². The minimum absolute atomic E-state index is 0.197. The fourth-order valence-corrected chi connectivity index (χ4v) is 5.80. The van der Waals surface area contributed by atoms with E-state index in [1.807, 2.05) is 22.9 Å². The molecule has 4 aliphatic carbocycles. The summed E-state index contributed by atoms with van der Waals surface area (Å²) in [5.41, 5.74) is 1.26. The van der Waals surface area contributed by atoms with Crippen LogP contribution in [0.3, 0.4) is 0 Å². The molecule has 0 unspecified atom stereocenters. The summed E-state index contributed by atoms with van der Waals surface area (Å²) in [6.45, 7) is 0. The van der Waals surface area contributed by atoms with Gasteiger partial charge in [-0.1, -0.05) is 32.9 Å². The van der Waals surface area contributed by atoms with Gasteiger partial charge < -0.3 is 0 Å². The average Bonchev–Trinajstić information content (AvgIpc) is 2.90. The lowest BCUT2D eigenvalue weighted by molar-refractivity contribution is -0.871. The van der Waals surface area contributed by atoms with Crippen molar-refractivity contribution < 1.29 is 4.80 Å². The van der Waals surface area contributed by atoms with Crippen LogP contribution in [0, 0.1) is 22.5 Å². The van der Waals surface area contributed by atoms with Crippen LogP contribution < -0.4 is 4.80 Å². The molecule has 0 radical (unpaired) electrons. The van der Waals surface area contributed by atoms with Gasteiger partial charge in [0.25, 0.3) is 0 Å². The SMILES string of the molecule is S=c1n[n+](C23CC4CC(CC(C4)C2)C3)[nH]n1-c1ccccc1. The first-order chi connectivity index (χ1) is 10.7. The van der Waals surface area contributed by atoms with Crippen LogP contribution in [0.25, 0.3) is 5.69 Å². The maximum Gasteiger partial charge on any atom is 0.352 e. The third-order valence-corrected chi connectivity index (χ3v) is 6.31. The summed E-state index contributed by atoms with van der Waals surface area (Å²) in [6, 6.07) is 10.2. The number of hydrogen-bond acceptors (Lipinski definition) is 2. The Morgan fingerprint density at radius 1 is 1.05 bits per heavy atom. The highest BCUT2D eigenvalue weighted by Gasteiger charge is 2.56. The van der Waals surface area contributed by atoms with Gasteiger partial charge in [-0.25, -0.2) is 0 Å². The Hall–Kier alpha value is -1.49. The number of hydrogen-bond donors (Lipinski definition) is 1. The molecule has 0 spiro atoms. The van der Waals surface area contributed by atoms with Crippen LogP contribution in [0.15, 0.2) is 30.3 Å².